The normalized spacial score (nSPS) is 14.6. The van der Waals surface area contributed by atoms with Crippen LogP contribution in [-0.4, -0.2) is 13.3 Å². The van der Waals surface area contributed by atoms with Crippen LogP contribution in [0.4, 0.5) is 0 Å². The molecule has 0 fully saturated rings. The van der Waals surface area contributed by atoms with Gasteiger partial charge in [0, 0.05) is 13.3 Å². The first-order valence-electron chi connectivity index (χ1n) is 4.16. The third-order valence-corrected chi connectivity index (χ3v) is 0.998. The van der Waals surface area contributed by atoms with Crippen LogP contribution in [0.2, 0.25) is 1.41 Å². The highest BCUT2D eigenvalue weighted by Gasteiger charge is 1.61. The molecule has 0 spiro atoms. The van der Waals surface area contributed by atoms with E-state index in [9.17, 15) is 0 Å². The third-order valence-electron chi connectivity index (χ3n) is 0.998. The van der Waals surface area contributed by atoms with Gasteiger partial charge in [0.15, 0.2) is 1.41 Å². The number of allylic oxidation sites excluding steroid dienone is 7. The maximum Gasteiger partial charge on any atom is 0.156 e. The minimum absolute atomic E-state index is 1.53. The number of hydrogen-bond donors (Lipinski definition) is 1. The third kappa shape index (κ3) is 8.43. The minimum Gasteiger partial charge on any atom is -0.405 e. The van der Waals surface area contributed by atoms with Crippen LogP contribution in [0.25, 0.3) is 0 Å². The van der Waals surface area contributed by atoms with Gasteiger partial charge >= 0.3 is 0 Å². The zero-order chi connectivity index (χ0) is 9.78. The molecule has 0 bridgehead atoms. The fraction of sp³-hybridized carbons (Fsp3) is 0.100. The van der Waals surface area contributed by atoms with Crippen molar-refractivity contribution in [3.05, 3.63) is 48.7 Å². The summed E-state index contributed by atoms with van der Waals surface area (Å²) in [6, 6.07) is 0. The Labute approximate surface area is 75.0 Å². The first-order chi connectivity index (χ1) is 6.41. The number of aliphatic imine (C=N–C) groups is 1. The van der Waals surface area contributed by atoms with E-state index in [1.165, 1.54) is 6.20 Å². The van der Waals surface area contributed by atoms with Gasteiger partial charge in [0.1, 0.15) is 0 Å². The van der Waals surface area contributed by atoms with Crippen LogP contribution in [-0.2, 0) is 0 Å². The average molecular weight is 163 g/mol. The van der Waals surface area contributed by atoms with E-state index in [4.69, 9.17) is 1.41 Å². The second kappa shape index (κ2) is 9.43. The van der Waals surface area contributed by atoms with Crippen molar-refractivity contribution in [2.45, 2.75) is 0 Å². The fourth-order valence-electron chi connectivity index (χ4n) is 0.512. The molecule has 0 aromatic rings. The Morgan fingerprint density at radius 1 is 1.00 bits per heavy atom. The van der Waals surface area contributed by atoms with Gasteiger partial charge in [-0.2, -0.15) is 0 Å². The molecule has 2 heteroatoms. The van der Waals surface area contributed by atoms with Crippen LogP contribution in [0.1, 0.15) is 0 Å². The van der Waals surface area contributed by atoms with Crippen molar-refractivity contribution in [2.75, 3.05) is 7.05 Å². The van der Waals surface area contributed by atoms with Crippen molar-refractivity contribution >= 4 is 6.21 Å². The molecule has 0 rings (SSSR count). The second-order valence-electron chi connectivity index (χ2n) is 1.92. The van der Waals surface area contributed by atoms with Crippen molar-refractivity contribution < 1.29 is 1.41 Å². The standard InChI is InChI=1S/C10H14N2/c1-12-10-8-6-4-2-3-5-7-9-11/h2-10H,11H2,1H3/i/hD. The molecule has 12 heavy (non-hydrogen) atoms. The highest BCUT2D eigenvalue weighted by atomic mass is 14.6. The highest BCUT2D eigenvalue weighted by Crippen LogP contribution is 1.79. The lowest BCUT2D eigenvalue weighted by molar-refractivity contribution is 1.48. The van der Waals surface area contributed by atoms with Crippen molar-refractivity contribution in [3.63, 3.8) is 0 Å². The predicted octanol–water partition coefficient (Wildman–Crippen LogP) is 1.83. The van der Waals surface area contributed by atoms with Gasteiger partial charge in [0.25, 0.3) is 0 Å². The molecule has 0 aromatic carbocycles. The summed E-state index contributed by atoms with van der Waals surface area (Å²) in [5, 5.41) is 0. The van der Waals surface area contributed by atoms with Crippen LogP contribution < -0.4 is 5.73 Å². The molecular formula is C10H14N2. The van der Waals surface area contributed by atoms with Crippen molar-refractivity contribution in [1.82, 2.24) is 0 Å². The molecular weight excluding hydrogens is 148 g/mol. The molecule has 0 radical (unpaired) electrons. The van der Waals surface area contributed by atoms with Crippen LogP contribution in [0, 0.1) is 0 Å². The van der Waals surface area contributed by atoms with E-state index in [0.29, 0.717) is 0 Å². The quantitative estimate of drug-likeness (QED) is 0.487. The monoisotopic (exact) mass is 163 g/mol. The minimum atomic E-state index is 1.53. The SMILES string of the molecule is [2H]NC=CC=CC=CC=CC=NC. The molecule has 0 aliphatic rings. The summed E-state index contributed by atoms with van der Waals surface area (Å²) in [5.74, 6) is 0. The van der Waals surface area contributed by atoms with Crippen LogP contribution >= 0.6 is 0 Å². The summed E-state index contributed by atoms with van der Waals surface area (Å²) in [6.07, 6.45) is 16.3. The smallest absolute Gasteiger partial charge is 0.156 e. The number of nitrogens with two attached hydrogens (primary N) is 1. The Balaban J connectivity index is 3.62. The number of hydrogen-bond acceptors (Lipinski definition) is 2. The molecule has 0 heterocycles. The summed E-state index contributed by atoms with van der Waals surface area (Å²) >= 11 is 0. The molecule has 0 unspecified atom stereocenters. The van der Waals surface area contributed by atoms with Gasteiger partial charge in [-0.05, 0) is 18.4 Å². The lowest BCUT2D eigenvalue weighted by Gasteiger charge is -1.72. The van der Waals surface area contributed by atoms with E-state index in [2.05, 4.69) is 10.7 Å². The average Bonchev–Trinajstić information content (AvgIpc) is 2.16. The highest BCUT2D eigenvalue weighted by molar-refractivity contribution is 5.71. The Bertz CT molecular complexity index is 237. The van der Waals surface area contributed by atoms with Gasteiger partial charge in [-0.25, -0.2) is 0 Å². The maximum atomic E-state index is 6.58. The molecule has 0 saturated carbocycles. The van der Waals surface area contributed by atoms with E-state index in [1.807, 2.05) is 36.5 Å². The lowest BCUT2D eigenvalue weighted by Crippen LogP contribution is -1.71. The van der Waals surface area contributed by atoms with Crippen LogP contribution in [0.15, 0.2) is 53.7 Å². The largest absolute Gasteiger partial charge is 0.405 e. The molecule has 2 N–H and O–H groups in total. The van der Waals surface area contributed by atoms with Gasteiger partial charge in [-0.15, -0.1) is 0 Å². The molecule has 0 amide bonds. The van der Waals surface area contributed by atoms with E-state index < -0.39 is 0 Å². The maximum absolute atomic E-state index is 6.58. The zero-order valence-electron chi connectivity index (χ0n) is 8.14. The predicted molar refractivity (Wildman–Crippen MR) is 55.2 cm³/mol. The van der Waals surface area contributed by atoms with E-state index in [0.717, 1.165) is 0 Å². The fourth-order valence-corrected chi connectivity index (χ4v) is 0.512. The second-order valence-corrected chi connectivity index (χ2v) is 1.92. The topological polar surface area (TPSA) is 38.4 Å². The Morgan fingerprint density at radius 3 is 2.17 bits per heavy atom. The van der Waals surface area contributed by atoms with Gasteiger partial charge < -0.3 is 5.73 Å². The zero-order valence-corrected chi connectivity index (χ0v) is 7.14. The van der Waals surface area contributed by atoms with Crippen LogP contribution in [0.5, 0.6) is 0 Å². The molecule has 64 valence electrons. The molecule has 0 aliphatic carbocycles. The molecule has 0 atom stereocenters. The molecule has 0 aliphatic heterocycles. The summed E-state index contributed by atoms with van der Waals surface area (Å²) < 4.78 is 6.58. The summed E-state index contributed by atoms with van der Waals surface area (Å²) in [5.41, 5.74) is 2.15. The van der Waals surface area contributed by atoms with Crippen molar-refractivity contribution in [1.29, 1.82) is 0 Å². The molecule has 0 aromatic heterocycles. The Kier molecular flexibility index (Phi) is 6.70. The van der Waals surface area contributed by atoms with Crippen LogP contribution in [0.3, 0.4) is 0 Å². The first-order valence-corrected chi connectivity index (χ1v) is 3.66. The lowest BCUT2D eigenvalue weighted by atomic mass is 10.4. The van der Waals surface area contributed by atoms with Crippen molar-refractivity contribution in [2.24, 2.45) is 10.7 Å². The van der Waals surface area contributed by atoms with E-state index >= 15 is 0 Å². The Morgan fingerprint density at radius 2 is 1.58 bits per heavy atom. The Hall–Kier alpha value is -1.57. The first kappa shape index (κ1) is 8.53. The van der Waals surface area contributed by atoms with Gasteiger partial charge in [-0.1, -0.05) is 30.4 Å². The van der Waals surface area contributed by atoms with Gasteiger partial charge in [-0.3, -0.25) is 4.99 Å². The van der Waals surface area contributed by atoms with E-state index in [1.54, 1.807) is 19.3 Å². The summed E-state index contributed by atoms with van der Waals surface area (Å²) in [4.78, 5) is 3.79. The molecule has 0 saturated heterocycles. The number of nitrogens with zero attached hydrogens (tertiary/aromatic N) is 1. The summed E-state index contributed by atoms with van der Waals surface area (Å²) in [7, 11) is 1.73. The summed E-state index contributed by atoms with van der Waals surface area (Å²) in [6.45, 7) is 0. The van der Waals surface area contributed by atoms with E-state index in [-0.39, 0.29) is 0 Å². The number of rotatable bonds is 5. The van der Waals surface area contributed by atoms with Gasteiger partial charge in [0.05, 0.1) is 0 Å². The van der Waals surface area contributed by atoms with Gasteiger partial charge in [0.2, 0.25) is 0 Å². The molecule has 2 nitrogen and oxygen atoms in total. The van der Waals surface area contributed by atoms with Crippen molar-refractivity contribution in [3.8, 4) is 0 Å².